The van der Waals surface area contributed by atoms with Gasteiger partial charge in [-0.1, -0.05) is 25.1 Å². The van der Waals surface area contributed by atoms with Crippen LogP contribution in [0.15, 0.2) is 48.8 Å². The first-order valence-corrected chi connectivity index (χ1v) is 7.40. The van der Waals surface area contributed by atoms with Crippen LogP contribution in [-0.4, -0.2) is 24.2 Å². The Labute approximate surface area is 130 Å². The molecule has 2 rings (SSSR count). The third kappa shape index (κ3) is 5.44. The van der Waals surface area contributed by atoms with E-state index in [0.29, 0.717) is 19.7 Å². The maximum Gasteiger partial charge on any atom is 0.315 e. The second-order valence-corrected chi connectivity index (χ2v) is 4.82. The molecule has 1 aromatic heterocycles. The van der Waals surface area contributed by atoms with Crippen molar-refractivity contribution in [3.05, 3.63) is 59.9 Å². The molecule has 0 unspecified atom stereocenters. The van der Waals surface area contributed by atoms with Gasteiger partial charge in [0.2, 0.25) is 0 Å². The Kier molecular flexibility index (Phi) is 6.23. The average Bonchev–Trinajstić information content (AvgIpc) is 2.58. The minimum atomic E-state index is -0.214. The molecule has 0 bridgehead atoms. The molecule has 1 aromatic carbocycles. The molecule has 0 fully saturated rings. The zero-order valence-electron chi connectivity index (χ0n) is 12.7. The van der Waals surface area contributed by atoms with Gasteiger partial charge < -0.3 is 15.4 Å². The number of nitrogens with one attached hydrogen (secondary N) is 2. The van der Waals surface area contributed by atoms with Crippen molar-refractivity contribution in [1.29, 1.82) is 0 Å². The van der Waals surface area contributed by atoms with Crippen molar-refractivity contribution in [1.82, 2.24) is 15.6 Å². The molecule has 0 saturated heterocycles. The van der Waals surface area contributed by atoms with E-state index < -0.39 is 0 Å². The van der Waals surface area contributed by atoms with Crippen LogP contribution in [0, 0.1) is 0 Å². The Morgan fingerprint density at radius 2 is 1.95 bits per heavy atom. The van der Waals surface area contributed by atoms with Gasteiger partial charge in [0.15, 0.2) is 0 Å². The summed E-state index contributed by atoms with van der Waals surface area (Å²) in [6, 6.07) is 11.5. The van der Waals surface area contributed by atoms with Gasteiger partial charge in [-0.15, -0.1) is 0 Å². The predicted octanol–water partition coefficient (Wildman–Crippen LogP) is 2.52. The van der Waals surface area contributed by atoms with Crippen LogP contribution in [0.4, 0.5) is 4.79 Å². The van der Waals surface area contributed by atoms with E-state index >= 15 is 0 Å². The zero-order chi connectivity index (χ0) is 15.6. The lowest BCUT2D eigenvalue weighted by Crippen LogP contribution is -2.37. The summed E-state index contributed by atoms with van der Waals surface area (Å²) in [5.74, 6) is 0.815. The third-order valence-corrected chi connectivity index (χ3v) is 3.16. The monoisotopic (exact) mass is 299 g/mol. The Bertz CT molecular complexity index is 570. The quantitative estimate of drug-likeness (QED) is 0.772. The van der Waals surface area contributed by atoms with Gasteiger partial charge in [0.25, 0.3) is 0 Å². The average molecular weight is 299 g/mol. The van der Waals surface area contributed by atoms with Crippen LogP contribution in [0.5, 0.6) is 5.75 Å². The lowest BCUT2D eigenvalue weighted by Gasteiger charge is -2.09. The molecular weight excluding hydrogens is 278 g/mol. The van der Waals surface area contributed by atoms with E-state index in [1.54, 1.807) is 12.4 Å². The standard InChI is InChI=1S/C17H21N3O2/c1-2-14-5-7-16(8-6-14)22-11-10-19-17(21)20-13-15-4-3-9-18-12-15/h3-9,12H,2,10-11,13H2,1H3,(H2,19,20,21). The van der Waals surface area contributed by atoms with Crippen molar-refractivity contribution >= 4 is 6.03 Å². The van der Waals surface area contributed by atoms with E-state index in [2.05, 4.69) is 22.5 Å². The SMILES string of the molecule is CCc1ccc(OCCNC(=O)NCc2cccnc2)cc1. The number of carbonyl (C=O) groups is 1. The summed E-state index contributed by atoms with van der Waals surface area (Å²) in [7, 11) is 0. The summed E-state index contributed by atoms with van der Waals surface area (Å²) in [6.45, 7) is 3.46. The molecule has 0 aliphatic rings. The van der Waals surface area contributed by atoms with Crippen LogP contribution in [-0.2, 0) is 13.0 Å². The number of hydrogen-bond donors (Lipinski definition) is 2. The Morgan fingerprint density at radius 1 is 1.14 bits per heavy atom. The van der Waals surface area contributed by atoms with Gasteiger partial charge in [-0.2, -0.15) is 0 Å². The molecular formula is C17H21N3O2. The summed E-state index contributed by atoms with van der Waals surface area (Å²) in [5.41, 5.74) is 2.24. The minimum absolute atomic E-state index is 0.214. The summed E-state index contributed by atoms with van der Waals surface area (Å²) < 4.78 is 5.57. The molecule has 5 nitrogen and oxygen atoms in total. The molecule has 0 aliphatic carbocycles. The van der Waals surface area contributed by atoms with Gasteiger partial charge in [0.05, 0.1) is 6.54 Å². The Hall–Kier alpha value is -2.56. The number of benzene rings is 1. The molecule has 22 heavy (non-hydrogen) atoms. The first-order valence-electron chi connectivity index (χ1n) is 7.40. The highest BCUT2D eigenvalue weighted by Gasteiger charge is 2.00. The van der Waals surface area contributed by atoms with Crippen LogP contribution in [0.3, 0.4) is 0 Å². The number of rotatable bonds is 7. The summed E-state index contributed by atoms with van der Waals surface area (Å²) >= 11 is 0. The highest BCUT2D eigenvalue weighted by Crippen LogP contribution is 2.11. The lowest BCUT2D eigenvalue weighted by molar-refractivity contribution is 0.236. The topological polar surface area (TPSA) is 63.2 Å². The van der Waals surface area contributed by atoms with Gasteiger partial charge in [-0.25, -0.2) is 4.79 Å². The fraction of sp³-hybridized carbons (Fsp3) is 0.294. The Morgan fingerprint density at radius 3 is 2.64 bits per heavy atom. The molecule has 1 heterocycles. The number of aryl methyl sites for hydroxylation is 1. The highest BCUT2D eigenvalue weighted by molar-refractivity contribution is 5.73. The van der Waals surface area contributed by atoms with E-state index in [9.17, 15) is 4.79 Å². The van der Waals surface area contributed by atoms with Gasteiger partial charge >= 0.3 is 6.03 Å². The minimum Gasteiger partial charge on any atom is -0.492 e. The van der Waals surface area contributed by atoms with Gasteiger partial charge in [0.1, 0.15) is 12.4 Å². The zero-order valence-corrected chi connectivity index (χ0v) is 12.7. The van der Waals surface area contributed by atoms with Gasteiger partial charge in [0, 0.05) is 18.9 Å². The predicted molar refractivity (Wildman–Crippen MR) is 85.8 cm³/mol. The van der Waals surface area contributed by atoms with Crippen molar-refractivity contribution < 1.29 is 9.53 Å². The van der Waals surface area contributed by atoms with Crippen LogP contribution < -0.4 is 15.4 Å². The third-order valence-electron chi connectivity index (χ3n) is 3.16. The number of amides is 2. The van der Waals surface area contributed by atoms with Crippen LogP contribution >= 0.6 is 0 Å². The first-order chi connectivity index (χ1) is 10.8. The van der Waals surface area contributed by atoms with Crippen molar-refractivity contribution in [2.75, 3.05) is 13.2 Å². The summed E-state index contributed by atoms with van der Waals surface area (Å²) in [5, 5.41) is 5.52. The molecule has 2 aromatic rings. The van der Waals surface area contributed by atoms with E-state index in [0.717, 1.165) is 17.7 Å². The maximum absolute atomic E-state index is 11.6. The molecule has 2 N–H and O–H groups in total. The van der Waals surface area contributed by atoms with E-state index in [-0.39, 0.29) is 6.03 Å². The number of aromatic nitrogens is 1. The number of carbonyl (C=O) groups excluding carboxylic acids is 1. The second-order valence-electron chi connectivity index (χ2n) is 4.82. The smallest absolute Gasteiger partial charge is 0.315 e. The maximum atomic E-state index is 11.6. The Balaban J connectivity index is 1.60. The van der Waals surface area contributed by atoms with E-state index in [4.69, 9.17) is 4.74 Å². The molecule has 0 spiro atoms. The summed E-state index contributed by atoms with van der Waals surface area (Å²) in [4.78, 5) is 15.6. The largest absolute Gasteiger partial charge is 0.492 e. The van der Waals surface area contributed by atoms with E-state index in [1.165, 1.54) is 5.56 Å². The van der Waals surface area contributed by atoms with Crippen molar-refractivity contribution in [3.8, 4) is 5.75 Å². The van der Waals surface area contributed by atoms with Crippen molar-refractivity contribution in [3.63, 3.8) is 0 Å². The highest BCUT2D eigenvalue weighted by atomic mass is 16.5. The van der Waals surface area contributed by atoms with Crippen LogP contribution in [0.2, 0.25) is 0 Å². The number of urea groups is 1. The fourth-order valence-corrected chi connectivity index (χ4v) is 1.90. The fourth-order valence-electron chi connectivity index (χ4n) is 1.90. The summed E-state index contributed by atoms with van der Waals surface area (Å²) in [6.07, 6.45) is 4.44. The molecule has 116 valence electrons. The number of pyridine rings is 1. The van der Waals surface area contributed by atoms with Gasteiger partial charge in [-0.3, -0.25) is 4.98 Å². The molecule has 0 aliphatic heterocycles. The van der Waals surface area contributed by atoms with E-state index in [1.807, 2.05) is 36.4 Å². The van der Waals surface area contributed by atoms with Crippen LogP contribution in [0.1, 0.15) is 18.1 Å². The molecule has 0 saturated carbocycles. The number of ether oxygens (including phenoxy) is 1. The van der Waals surface area contributed by atoms with Crippen molar-refractivity contribution in [2.24, 2.45) is 0 Å². The first kappa shape index (κ1) is 15.8. The lowest BCUT2D eigenvalue weighted by atomic mass is 10.2. The number of nitrogens with zero attached hydrogens (tertiary/aromatic N) is 1. The molecule has 5 heteroatoms. The molecule has 2 amide bonds. The van der Waals surface area contributed by atoms with Crippen LogP contribution in [0.25, 0.3) is 0 Å². The van der Waals surface area contributed by atoms with Crippen molar-refractivity contribution in [2.45, 2.75) is 19.9 Å². The molecule has 0 atom stereocenters. The number of hydrogen-bond acceptors (Lipinski definition) is 3. The van der Waals surface area contributed by atoms with Gasteiger partial charge in [-0.05, 0) is 35.7 Å². The molecule has 0 radical (unpaired) electrons. The normalized spacial score (nSPS) is 10.0. The second kappa shape index (κ2) is 8.67.